The van der Waals surface area contributed by atoms with Gasteiger partial charge in [-0.25, -0.2) is 26.3 Å². The number of rotatable bonds is 15. The average Bonchev–Trinajstić information content (AvgIpc) is 3.45. The third-order valence-electron chi connectivity index (χ3n) is 13.8. The number of nitrogens with one attached hydrogen (secondary N) is 3. The molecule has 2 saturated carbocycles. The number of carbonyl (C=O) groups is 6. The fourth-order valence-electron chi connectivity index (χ4n) is 9.79. The molecule has 2 saturated heterocycles. The Morgan fingerprint density at radius 3 is 1.51 bits per heavy atom. The number of alkyl halides is 5. The van der Waals surface area contributed by atoms with Crippen LogP contribution in [0.25, 0.3) is 0 Å². The van der Waals surface area contributed by atoms with E-state index in [0.29, 0.717) is 5.69 Å². The maximum Gasteiger partial charge on any atom is 1.00 e. The molecule has 14 nitrogen and oxygen atoms in total. The molecule has 6 aromatic rings. The number of hydrogen-bond acceptors (Lipinski definition) is 8. The van der Waals surface area contributed by atoms with Gasteiger partial charge in [0, 0.05) is 101 Å². The molecule has 6 amide bonds. The summed E-state index contributed by atoms with van der Waals surface area (Å²) in [4.78, 5) is 91.6. The Morgan fingerprint density at radius 2 is 1.11 bits per heavy atom. The molecule has 24 heteroatoms. The van der Waals surface area contributed by atoms with E-state index in [1.54, 1.807) is 60.9 Å². The third kappa shape index (κ3) is 16.0. The monoisotopic (exact) mass is 1240 g/mol. The number of carbonyl (C=O) groups excluding carboxylic acids is 6. The summed E-state index contributed by atoms with van der Waals surface area (Å²) in [7, 11) is 0. The van der Waals surface area contributed by atoms with Crippen LogP contribution in [0, 0.1) is 11.6 Å². The van der Waals surface area contributed by atoms with Crippen molar-refractivity contribution in [1.29, 1.82) is 0 Å². The van der Waals surface area contributed by atoms with Gasteiger partial charge >= 0.3 is 29.6 Å². The topological polar surface area (TPSA) is 174 Å². The Hall–Kier alpha value is -6.36. The molecule has 10 rings (SSSR count). The number of hydrogen-bond donors (Lipinski definition) is 3. The summed E-state index contributed by atoms with van der Waals surface area (Å²) in [5.41, 5.74) is 2.24. The molecule has 4 atom stereocenters. The zero-order valence-electron chi connectivity index (χ0n) is 45.0. The van der Waals surface area contributed by atoms with E-state index in [9.17, 15) is 55.1 Å². The summed E-state index contributed by atoms with van der Waals surface area (Å²) in [6.45, 7) is 0.0627. The van der Waals surface area contributed by atoms with E-state index in [1.165, 1.54) is 59.5 Å². The zero-order valence-corrected chi connectivity index (χ0v) is 49.1. The van der Waals surface area contributed by atoms with Crippen molar-refractivity contribution >= 4 is 85.9 Å². The molecule has 3 N–H and O–H groups in total. The van der Waals surface area contributed by atoms with Crippen molar-refractivity contribution in [3.8, 4) is 0 Å². The summed E-state index contributed by atoms with van der Waals surface area (Å²) in [6, 6.07) is 27.7. The van der Waals surface area contributed by atoms with Gasteiger partial charge in [0.25, 0.3) is 23.7 Å². The summed E-state index contributed by atoms with van der Waals surface area (Å²) in [5.74, 6) is -10.4. The summed E-state index contributed by atoms with van der Waals surface area (Å²) in [5, 5.41) is 8.91. The van der Waals surface area contributed by atoms with Crippen molar-refractivity contribution in [3.63, 3.8) is 0 Å². The van der Waals surface area contributed by atoms with E-state index in [4.69, 9.17) is 23.2 Å². The minimum atomic E-state index is -2.88. The van der Waals surface area contributed by atoms with Crippen molar-refractivity contribution in [3.05, 3.63) is 190 Å². The standard InChI is InChI=1S/C29H26ClF3N4O3.C23H21ClF3N3O3.C6H6BrN.Na.H/c30-23-10-2-1-9-22(23)26(27(39)35-20-15-29(32,33)16-20)37(21-8-5-6-18(31)14-21)28(40)24-11-12-25(38)36(24)17-19-7-3-4-13-34-19;24-17-7-2-1-6-16(17)20(21(32)28-14-11-23(26,27)12-14)30(15-5-3-4-13(25)10-15)22(33)18-8-9-19(31)29-18;7-5-6-3-1-2-4-8-6;;/h1-10,13-14,20,24,26H,11-12,15-17H2,(H,35,39);1-7,10,14,18,20H,8-9,11-12H2,(H,28,32)(H,29,31);1-4H,5H2;;/q;;;+1;-1/t24-,26?;18-,20?;;;/m00.../s1. The van der Waals surface area contributed by atoms with Gasteiger partial charge in [-0.15, -0.1) is 0 Å². The maximum atomic E-state index is 14.5. The fraction of sp³-hybridized carbons (Fsp3) is 0.310. The number of likely N-dealkylation sites (tertiary alicyclic amines) is 1. The van der Waals surface area contributed by atoms with E-state index < -0.39 is 109 Å². The van der Waals surface area contributed by atoms with Crippen LogP contribution in [0.5, 0.6) is 0 Å². The van der Waals surface area contributed by atoms with E-state index in [-0.39, 0.29) is 108 Å². The minimum absolute atomic E-state index is 0. The predicted octanol–water partition coefficient (Wildman–Crippen LogP) is 7.89. The number of anilines is 2. The predicted molar refractivity (Wildman–Crippen MR) is 295 cm³/mol. The largest absolute Gasteiger partial charge is 1.00 e. The van der Waals surface area contributed by atoms with Gasteiger partial charge in [-0.2, -0.15) is 0 Å². The van der Waals surface area contributed by atoms with Crippen molar-refractivity contribution in [1.82, 2.24) is 30.8 Å². The quantitative estimate of drug-likeness (QED) is 0.0529. The zero-order chi connectivity index (χ0) is 58.0. The summed E-state index contributed by atoms with van der Waals surface area (Å²) < 4.78 is 82.4. The van der Waals surface area contributed by atoms with Crippen molar-refractivity contribution in [2.75, 3.05) is 9.80 Å². The van der Waals surface area contributed by atoms with Crippen molar-refractivity contribution in [2.45, 2.75) is 111 Å². The summed E-state index contributed by atoms with van der Waals surface area (Å²) >= 11 is 16.2. The molecular formula is C58H54BrCl2F6N8NaO6. The number of aromatic nitrogens is 2. The molecule has 0 spiro atoms. The van der Waals surface area contributed by atoms with Crippen LogP contribution < -0.4 is 55.3 Å². The molecule has 426 valence electrons. The Labute approximate surface area is 510 Å². The first-order valence-corrected chi connectivity index (χ1v) is 27.6. The smallest absolute Gasteiger partial charge is 1.00 e. The van der Waals surface area contributed by atoms with E-state index in [2.05, 4.69) is 41.8 Å². The van der Waals surface area contributed by atoms with Crippen LogP contribution in [0.15, 0.2) is 146 Å². The van der Waals surface area contributed by atoms with Crippen LogP contribution in [0.2, 0.25) is 10.0 Å². The first-order chi connectivity index (χ1) is 38.7. The van der Waals surface area contributed by atoms with Crippen molar-refractivity contribution in [2.24, 2.45) is 0 Å². The Bertz CT molecular complexity index is 3250. The second kappa shape index (κ2) is 28.3. The molecule has 4 aliphatic rings. The summed E-state index contributed by atoms with van der Waals surface area (Å²) in [6.07, 6.45) is 1.88. The number of amides is 6. The number of nitrogens with zero attached hydrogens (tertiary/aromatic N) is 5. The second-order valence-electron chi connectivity index (χ2n) is 19.7. The van der Waals surface area contributed by atoms with Gasteiger partial charge in [0.15, 0.2) is 0 Å². The SMILES string of the molecule is BrCc1ccccn1.O=C(NC1CC(F)(F)C1)C(c1ccccc1Cl)N(C(=O)[C@@H]1CCC(=O)N1Cc1ccccn1)c1cccc(F)c1.O=C1CC[C@@H](C(=O)N(c2cccc(F)c2)C(C(=O)NC2CC(F)(F)C2)c2ccccc2Cl)N1.[H-].[Na+]. The van der Waals surface area contributed by atoms with E-state index in [0.717, 1.165) is 33.0 Å². The Balaban J connectivity index is 0.000000233. The molecule has 2 aliphatic heterocycles. The van der Waals surface area contributed by atoms with Gasteiger partial charge < -0.3 is 22.3 Å². The van der Waals surface area contributed by atoms with E-state index >= 15 is 0 Å². The van der Waals surface area contributed by atoms with Crippen molar-refractivity contribution < 1.29 is 86.1 Å². The van der Waals surface area contributed by atoms with Crippen LogP contribution in [0.3, 0.4) is 0 Å². The van der Waals surface area contributed by atoms with Gasteiger partial charge in [0.05, 0.1) is 17.9 Å². The van der Waals surface area contributed by atoms with Gasteiger partial charge in [0.2, 0.25) is 23.6 Å². The molecule has 4 fully saturated rings. The average molecular weight is 1250 g/mol. The van der Waals surface area contributed by atoms with Crippen LogP contribution >= 0.6 is 39.1 Å². The van der Waals surface area contributed by atoms with E-state index in [1.807, 2.05) is 18.2 Å². The van der Waals surface area contributed by atoms with Gasteiger partial charge in [0.1, 0.15) is 35.8 Å². The number of halogens is 9. The van der Waals surface area contributed by atoms with Gasteiger partial charge in [-0.1, -0.05) is 99.8 Å². The first kappa shape index (κ1) is 63.2. The molecule has 2 unspecified atom stereocenters. The first-order valence-electron chi connectivity index (χ1n) is 25.7. The van der Waals surface area contributed by atoms with Crippen LogP contribution in [0.4, 0.5) is 37.7 Å². The Kier molecular flexibility index (Phi) is 21.8. The molecular weight excluding hydrogens is 1190 g/mol. The number of pyridine rings is 2. The van der Waals surface area contributed by atoms with Crippen LogP contribution in [-0.4, -0.2) is 86.3 Å². The molecule has 0 bridgehead atoms. The molecule has 2 aliphatic carbocycles. The minimum Gasteiger partial charge on any atom is -1.00 e. The van der Waals surface area contributed by atoms with Gasteiger partial charge in [-0.05, 0) is 85.6 Å². The van der Waals surface area contributed by atoms with Crippen LogP contribution in [0.1, 0.15) is 87.4 Å². The van der Waals surface area contributed by atoms with Crippen LogP contribution in [-0.2, 0) is 40.6 Å². The number of benzene rings is 4. The second-order valence-corrected chi connectivity index (χ2v) is 21.0. The fourth-order valence-corrected chi connectivity index (χ4v) is 10.6. The molecule has 2 aromatic heterocycles. The molecule has 0 radical (unpaired) electrons. The van der Waals surface area contributed by atoms with Gasteiger partial charge in [-0.3, -0.25) is 48.5 Å². The Morgan fingerprint density at radius 1 is 0.646 bits per heavy atom. The maximum absolute atomic E-state index is 14.5. The third-order valence-corrected chi connectivity index (χ3v) is 15.0. The molecule has 4 aromatic carbocycles. The normalized spacial score (nSPS) is 18.5. The molecule has 82 heavy (non-hydrogen) atoms. The molecule has 4 heterocycles.